The first-order valence-corrected chi connectivity index (χ1v) is 16.6. The molecule has 0 fully saturated rings. The Bertz CT molecular complexity index is 2800. The second-order valence-corrected chi connectivity index (χ2v) is 13.1. The van der Waals surface area contributed by atoms with E-state index in [0.29, 0.717) is 0 Å². The predicted molar refractivity (Wildman–Crippen MR) is 200 cm³/mol. The number of anilines is 3. The summed E-state index contributed by atoms with van der Waals surface area (Å²) in [7, 11) is 0. The number of aromatic nitrogens is 1. The van der Waals surface area contributed by atoms with Gasteiger partial charge in [-0.15, -0.1) is 11.3 Å². The van der Waals surface area contributed by atoms with Crippen molar-refractivity contribution in [3.8, 4) is 11.1 Å². The van der Waals surface area contributed by atoms with Crippen molar-refractivity contribution < 1.29 is 4.42 Å². The average Bonchev–Trinajstić information content (AvgIpc) is 3.70. The first-order chi connectivity index (χ1) is 23.3. The molecule has 3 aromatic heterocycles. The van der Waals surface area contributed by atoms with E-state index in [4.69, 9.17) is 4.42 Å². The van der Waals surface area contributed by atoms with E-state index in [0.717, 1.165) is 55.2 Å². The zero-order chi connectivity index (χ0) is 30.9. The van der Waals surface area contributed by atoms with Gasteiger partial charge in [-0.05, 0) is 81.9 Å². The summed E-state index contributed by atoms with van der Waals surface area (Å²) in [6.45, 7) is 0. The smallest absolute Gasteiger partial charge is 0.153 e. The molecule has 0 aliphatic rings. The SMILES string of the molecule is c1ccc(-c2ccc(N(c3ccc4c(c3)sc3ccccc34)c3ccc4ccc5ccc6c7ccncc7oc6c5c4c3)cc2)cc1. The number of hydrogen-bond donors (Lipinski definition) is 0. The first kappa shape index (κ1) is 26.3. The Kier molecular flexibility index (Phi) is 5.74. The maximum atomic E-state index is 6.50. The van der Waals surface area contributed by atoms with Crippen LogP contribution in [0.15, 0.2) is 162 Å². The summed E-state index contributed by atoms with van der Waals surface area (Å²) in [6.07, 6.45) is 3.64. The molecule has 4 heteroatoms. The molecule has 0 unspecified atom stereocenters. The highest BCUT2D eigenvalue weighted by molar-refractivity contribution is 7.25. The van der Waals surface area contributed by atoms with Crippen LogP contribution in [0.1, 0.15) is 0 Å². The molecule has 0 radical (unpaired) electrons. The van der Waals surface area contributed by atoms with Crippen molar-refractivity contribution in [2.75, 3.05) is 4.90 Å². The fourth-order valence-electron chi connectivity index (χ4n) is 7.09. The highest BCUT2D eigenvalue weighted by Gasteiger charge is 2.18. The van der Waals surface area contributed by atoms with Gasteiger partial charge in [0.2, 0.25) is 0 Å². The minimum Gasteiger partial charge on any atom is -0.454 e. The van der Waals surface area contributed by atoms with Crippen LogP contribution in [0.5, 0.6) is 0 Å². The highest BCUT2D eigenvalue weighted by Crippen LogP contribution is 2.43. The Morgan fingerprint density at radius 2 is 1.17 bits per heavy atom. The van der Waals surface area contributed by atoms with Gasteiger partial charge < -0.3 is 9.32 Å². The van der Waals surface area contributed by atoms with Crippen molar-refractivity contribution in [2.45, 2.75) is 0 Å². The van der Waals surface area contributed by atoms with Gasteiger partial charge in [0.05, 0.1) is 6.20 Å². The lowest BCUT2D eigenvalue weighted by molar-refractivity contribution is 0.671. The lowest BCUT2D eigenvalue weighted by atomic mass is 9.98. The summed E-state index contributed by atoms with van der Waals surface area (Å²) in [5, 5.41) is 9.40. The molecule has 0 saturated carbocycles. The van der Waals surface area contributed by atoms with Crippen LogP contribution in [0.4, 0.5) is 17.1 Å². The fraction of sp³-hybridized carbons (Fsp3) is 0. The van der Waals surface area contributed by atoms with Gasteiger partial charge >= 0.3 is 0 Å². The average molecular weight is 619 g/mol. The molecule has 0 spiro atoms. The molecular formula is C43H26N2OS. The molecule has 0 aliphatic heterocycles. The van der Waals surface area contributed by atoms with E-state index < -0.39 is 0 Å². The minimum atomic E-state index is 0.805. The third-order valence-electron chi connectivity index (χ3n) is 9.34. The Labute approximate surface area is 274 Å². The Morgan fingerprint density at radius 1 is 0.489 bits per heavy atom. The molecule has 10 aromatic rings. The van der Waals surface area contributed by atoms with Crippen LogP contribution < -0.4 is 4.90 Å². The number of rotatable bonds is 4. The molecule has 0 amide bonds. The zero-order valence-corrected chi connectivity index (χ0v) is 26.0. The van der Waals surface area contributed by atoms with Gasteiger partial charge in [0.1, 0.15) is 5.58 Å². The van der Waals surface area contributed by atoms with Crippen molar-refractivity contribution in [3.63, 3.8) is 0 Å². The molecular weight excluding hydrogens is 593 g/mol. The van der Waals surface area contributed by atoms with Crippen LogP contribution in [-0.2, 0) is 0 Å². The van der Waals surface area contributed by atoms with Gasteiger partial charge in [-0.2, -0.15) is 0 Å². The lowest BCUT2D eigenvalue weighted by Crippen LogP contribution is -2.09. The third kappa shape index (κ3) is 4.16. The molecule has 10 rings (SSSR count). The molecule has 0 bridgehead atoms. The van der Waals surface area contributed by atoms with Gasteiger partial charge in [-0.25, -0.2) is 0 Å². The number of nitrogens with zero attached hydrogens (tertiary/aromatic N) is 2. The van der Waals surface area contributed by atoms with Crippen LogP contribution in [-0.4, -0.2) is 4.98 Å². The van der Waals surface area contributed by atoms with E-state index in [1.54, 1.807) is 0 Å². The van der Waals surface area contributed by atoms with Crippen LogP contribution in [0.25, 0.3) is 74.8 Å². The topological polar surface area (TPSA) is 29.3 Å². The van der Waals surface area contributed by atoms with E-state index in [-0.39, 0.29) is 0 Å². The van der Waals surface area contributed by atoms with Crippen molar-refractivity contribution in [2.24, 2.45) is 0 Å². The van der Waals surface area contributed by atoms with Crippen molar-refractivity contribution in [3.05, 3.63) is 158 Å². The molecule has 3 heterocycles. The summed E-state index contributed by atoms with van der Waals surface area (Å²) in [5.74, 6) is 0. The normalized spacial score (nSPS) is 11.8. The zero-order valence-electron chi connectivity index (χ0n) is 25.2. The minimum absolute atomic E-state index is 0.805. The summed E-state index contributed by atoms with van der Waals surface area (Å²) >= 11 is 1.85. The number of furan rings is 1. The van der Waals surface area contributed by atoms with E-state index in [9.17, 15) is 0 Å². The molecule has 3 nitrogen and oxygen atoms in total. The highest BCUT2D eigenvalue weighted by atomic mass is 32.1. The number of hydrogen-bond acceptors (Lipinski definition) is 4. The fourth-order valence-corrected chi connectivity index (χ4v) is 8.22. The molecule has 220 valence electrons. The molecule has 7 aromatic carbocycles. The lowest BCUT2D eigenvalue weighted by Gasteiger charge is -2.26. The van der Waals surface area contributed by atoms with E-state index in [1.807, 2.05) is 29.8 Å². The van der Waals surface area contributed by atoms with Crippen LogP contribution >= 0.6 is 11.3 Å². The van der Waals surface area contributed by atoms with Gasteiger partial charge in [-0.3, -0.25) is 4.98 Å². The quantitative estimate of drug-likeness (QED) is 0.184. The number of thiophene rings is 1. The molecule has 0 atom stereocenters. The van der Waals surface area contributed by atoms with E-state index in [2.05, 4.69) is 149 Å². The van der Waals surface area contributed by atoms with Crippen LogP contribution in [0.3, 0.4) is 0 Å². The van der Waals surface area contributed by atoms with Gasteiger partial charge in [0, 0.05) is 59.6 Å². The molecule has 47 heavy (non-hydrogen) atoms. The maximum Gasteiger partial charge on any atom is 0.153 e. The molecule has 0 N–H and O–H groups in total. The van der Waals surface area contributed by atoms with Gasteiger partial charge in [-0.1, -0.05) is 91.0 Å². The van der Waals surface area contributed by atoms with Crippen LogP contribution in [0.2, 0.25) is 0 Å². The van der Waals surface area contributed by atoms with Crippen molar-refractivity contribution >= 4 is 92.1 Å². The predicted octanol–water partition coefficient (Wildman–Crippen LogP) is 12.8. The Morgan fingerprint density at radius 3 is 2.09 bits per heavy atom. The van der Waals surface area contributed by atoms with E-state index >= 15 is 0 Å². The summed E-state index contributed by atoms with van der Waals surface area (Å²) in [6, 6.07) is 52.6. The summed E-state index contributed by atoms with van der Waals surface area (Å²) in [4.78, 5) is 6.69. The third-order valence-corrected chi connectivity index (χ3v) is 10.5. The van der Waals surface area contributed by atoms with Crippen LogP contribution in [0, 0.1) is 0 Å². The summed E-state index contributed by atoms with van der Waals surface area (Å²) in [5.41, 5.74) is 7.42. The standard InChI is InChI=1S/C43H26N2OS/c1-2-6-27(7-3-1)28-12-16-31(17-13-28)45(33-19-21-36-35-8-4-5-9-40(35)47-41(36)25-33)32-18-14-29-10-11-30-15-20-37-34-22-23-44-26-39(34)46-43(37)42(30)38(29)24-32/h1-26H. The summed E-state index contributed by atoms with van der Waals surface area (Å²) < 4.78 is 9.08. The first-order valence-electron chi connectivity index (χ1n) is 15.8. The number of benzene rings is 7. The maximum absolute atomic E-state index is 6.50. The van der Waals surface area contributed by atoms with Gasteiger partial charge in [0.15, 0.2) is 5.58 Å². The monoisotopic (exact) mass is 618 g/mol. The number of fused-ring (bicyclic) bond motifs is 10. The van der Waals surface area contributed by atoms with Gasteiger partial charge in [0.25, 0.3) is 0 Å². The largest absolute Gasteiger partial charge is 0.454 e. The number of pyridine rings is 1. The van der Waals surface area contributed by atoms with Crippen molar-refractivity contribution in [1.29, 1.82) is 0 Å². The Hall–Kier alpha value is -5.97. The van der Waals surface area contributed by atoms with E-state index in [1.165, 1.54) is 36.7 Å². The molecule has 0 saturated heterocycles. The second-order valence-electron chi connectivity index (χ2n) is 12.0. The Balaban J connectivity index is 1.21. The second kappa shape index (κ2) is 10.3. The molecule has 0 aliphatic carbocycles. The van der Waals surface area contributed by atoms with Crippen molar-refractivity contribution in [1.82, 2.24) is 4.98 Å².